The SMILES string of the molecule is O=C1C[C@H]2CC[C@H](C1)N2O. The van der Waals surface area contributed by atoms with Crippen molar-refractivity contribution >= 4 is 5.78 Å². The molecular weight excluding hydrogens is 130 g/mol. The molecule has 10 heavy (non-hydrogen) atoms. The summed E-state index contributed by atoms with van der Waals surface area (Å²) in [5.74, 6) is 0.317. The van der Waals surface area contributed by atoms with E-state index < -0.39 is 0 Å². The van der Waals surface area contributed by atoms with Crippen molar-refractivity contribution in [3.8, 4) is 0 Å². The lowest BCUT2D eigenvalue weighted by molar-refractivity contribution is -0.161. The Bertz CT molecular complexity index is 153. The van der Waals surface area contributed by atoms with Gasteiger partial charge in [-0.2, -0.15) is 5.06 Å². The maximum atomic E-state index is 10.9. The largest absolute Gasteiger partial charge is 0.313 e. The standard InChI is InChI=1S/C7H11NO2/c9-7-3-5-1-2-6(4-7)8(5)10/h5-6,10H,1-4H2/t5-,6-/m1/s1. The minimum absolute atomic E-state index is 0.145. The van der Waals surface area contributed by atoms with Gasteiger partial charge >= 0.3 is 0 Å². The maximum absolute atomic E-state index is 10.9. The molecule has 0 amide bonds. The molecule has 2 aliphatic heterocycles. The van der Waals surface area contributed by atoms with Crippen molar-refractivity contribution in [1.29, 1.82) is 0 Å². The molecule has 3 nitrogen and oxygen atoms in total. The molecule has 56 valence electrons. The maximum Gasteiger partial charge on any atom is 0.136 e. The molecule has 0 aromatic carbocycles. The summed E-state index contributed by atoms with van der Waals surface area (Å²) in [7, 11) is 0. The Balaban J connectivity index is 2.16. The van der Waals surface area contributed by atoms with Crippen molar-refractivity contribution < 1.29 is 10.0 Å². The Morgan fingerprint density at radius 2 is 1.80 bits per heavy atom. The van der Waals surface area contributed by atoms with Crippen molar-refractivity contribution in [2.24, 2.45) is 0 Å². The number of hydroxylamine groups is 2. The van der Waals surface area contributed by atoms with Gasteiger partial charge in [-0.3, -0.25) is 4.79 Å². The summed E-state index contributed by atoms with van der Waals surface area (Å²) in [4.78, 5) is 10.9. The number of Topliss-reactive ketones (excluding diaryl/α,β-unsaturated/α-hetero) is 1. The van der Waals surface area contributed by atoms with E-state index >= 15 is 0 Å². The predicted molar refractivity (Wildman–Crippen MR) is 34.7 cm³/mol. The number of hydrogen-bond donors (Lipinski definition) is 1. The average molecular weight is 141 g/mol. The quantitative estimate of drug-likeness (QED) is 0.536. The van der Waals surface area contributed by atoms with Crippen LogP contribution in [-0.2, 0) is 4.79 Å². The predicted octanol–water partition coefficient (Wildman–Crippen LogP) is 0.572. The number of rotatable bonds is 0. The fourth-order valence-electron chi connectivity index (χ4n) is 1.95. The van der Waals surface area contributed by atoms with Gasteiger partial charge < -0.3 is 5.21 Å². The highest BCUT2D eigenvalue weighted by atomic mass is 16.5. The minimum Gasteiger partial charge on any atom is -0.313 e. The van der Waals surface area contributed by atoms with E-state index in [0.29, 0.717) is 18.6 Å². The smallest absolute Gasteiger partial charge is 0.136 e. The Morgan fingerprint density at radius 1 is 1.30 bits per heavy atom. The zero-order valence-electron chi connectivity index (χ0n) is 5.79. The molecule has 3 heteroatoms. The highest BCUT2D eigenvalue weighted by Gasteiger charge is 2.39. The van der Waals surface area contributed by atoms with Gasteiger partial charge in [-0.05, 0) is 12.8 Å². The number of fused-ring (bicyclic) bond motifs is 2. The third-order valence-corrected chi connectivity index (χ3v) is 2.51. The van der Waals surface area contributed by atoms with E-state index in [0.717, 1.165) is 12.8 Å². The van der Waals surface area contributed by atoms with Crippen LogP contribution in [0.4, 0.5) is 0 Å². The molecule has 2 rings (SSSR count). The lowest BCUT2D eigenvalue weighted by Crippen LogP contribution is -2.40. The van der Waals surface area contributed by atoms with Gasteiger partial charge in [0.15, 0.2) is 0 Å². The van der Waals surface area contributed by atoms with E-state index in [1.54, 1.807) is 0 Å². The van der Waals surface area contributed by atoms with Gasteiger partial charge in [-0.1, -0.05) is 0 Å². The van der Waals surface area contributed by atoms with Crippen LogP contribution in [0.25, 0.3) is 0 Å². The Kier molecular flexibility index (Phi) is 1.28. The average Bonchev–Trinajstić information content (AvgIpc) is 2.20. The van der Waals surface area contributed by atoms with Gasteiger partial charge in [0.05, 0.1) is 0 Å². The molecule has 0 radical (unpaired) electrons. The molecule has 0 aromatic heterocycles. The molecule has 2 atom stereocenters. The molecule has 2 aliphatic rings. The van der Waals surface area contributed by atoms with Crippen LogP contribution in [0.15, 0.2) is 0 Å². The van der Waals surface area contributed by atoms with E-state index in [4.69, 9.17) is 0 Å². The molecule has 2 heterocycles. The first kappa shape index (κ1) is 6.31. The van der Waals surface area contributed by atoms with Crippen molar-refractivity contribution in [3.63, 3.8) is 0 Å². The van der Waals surface area contributed by atoms with Crippen molar-refractivity contribution in [2.75, 3.05) is 0 Å². The van der Waals surface area contributed by atoms with Gasteiger partial charge in [-0.15, -0.1) is 0 Å². The van der Waals surface area contributed by atoms with Crippen LogP contribution < -0.4 is 0 Å². The second-order valence-corrected chi connectivity index (χ2v) is 3.21. The number of ketones is 1. The molecule has 0 unspecified atom stereocenters. The van der Waals surface area contributed by atoms with Crippen molar-refractivity contribution in [2.45, 2.75) is 37.8 Å². The molecule has 0 aliphatic carbocycles. The van der Waals surface area contributed by atoms with Crippen molar-refractivity contribution in [1.82, 2.24) is 5.06 Å². The highest BCUT2D eigenvalue weighted by Crippen LogP contribution is 2.31. The molecule has 2 fully saturated rings. The Labute approximate surface area is 59.6 Å². The molecule has 0 saturated carbocycles. The topological polar surface area (TPSA) is 40.5 Å². The van der Waals surface area contributed by atoms with Gasteiger partial charge in [0.1, 0.15) is 5.78 Å². The Morgan fingerprint density at radius 3 is 2.30 bits per heavy atom. The van der Waals surface area contributed by atoms with Gasteiger partial charge in [-0.25, -0.2) is 0 Å². The van der Waals surface area contributed by atoms with Crippen LogP contribution >= 0.6 is 0 Å². The van der Waals surface area contributed by atoms with Crippen LogP contribution in [0.5, 0.6) is 0 Å². The molecule has 2 bridgehead atoms. The fraction of sp³-hybridized carbons (Fsp3) is 0.857. The summed E-state index contributed by atoms with van der Waals surface area (Å²) >= 11 is 0. The highest BCUT2D eigenvalue weighted by molar-refractivity contribution is 5.80. The van der Waals surface area contributed by atoms with Crippen LogP contribution in [0, 0.1) is 0 Å². The summed E-state index contributed by atoms with van der Waals surface area (Å²) < 4.78 is 0. The fourth-order valence-corrected chi connectivity index (χ4v) is 1.95. The summed E-state index contributed by atoms with van der Waals surface area (Å²) in [6.45, 7) is 0. The van der Waals surface area contributed by atoms with E-state index in [1.165, 1.54) is 5.06 Å². The molecular formula is C7H11NO2. The molecule has 1 N–H and O–H groups in total. The van der Waals surface area contributed by atoms with E-state index in [2.05, 4.69) is 0 Å². The third kappa shape index (κ3) is 0.777. The van der Waals surface area contributed by atoms with Crippen molar-refractivity contribution in [3.05, 3.63) is 0 Å². The summed E-state index contributed by atoms with van der Waals surface area (Å²) in [6.07, 6.45) is 3.11. The lowest BCUT2D eigenvalue weighted by atomic mass is 10.0. The minimum atomic E-state index is 0.145. The Hall–Kier alpha value is -0.410. The van der Waals surface area contributed by atoms with Crippen LogP contribution in [0.1, 0.15) is 25.7 Å². The molecule has 0 spiro atoms. The second kappa shape index (κ2) is 2.04. The van der Waals surface area contributed by atoms with E-state index in [9.17, 15) is 10.0 Å². The summed E-state index contributed by atoms with van der Waals surface area (Å²) in [5.41, 5.74) is 0. The second-order valence-electron chi connectivity index (χ2n) is 3.21. The van der Waals surface area contributed by atoms with E-state index in [-0.39, 0.29) is 12.1 Å². The number of carbonyl (C=O) groups excluding carboxylic acids is 1. The van der Waals surface area contributed by atoms with E-state index in [1.807, 2.05) is 0 Å². The van der Waals surface area contributed by atoms with Gasteiger partial charge in [0, 0.05) is 24.9 Å². The lowest BCUT2D eigenvalue weighted by Gasteiger charge is -2.27. The third-order valence-electron chi connectivity index (χ3n) is 2.51. The molecule has 0 aromatic rings. The monoisotopic (exact) mass is 141 g/mol. The number of piperidine rings is 1. The first-order valence-corrected chi connectivity index (χ1v) is 3.76. The first-order valence-electron chi connectivity index (χ1n) is 3.76. The zero-order chi connectivity index (χ0) is 7.14. The normalized spacial score (nSPS) is 40.7. The van der Waals surface area contributed by atoms with Gasteiger partial charge in [0.2, 0.25) is 0 Å². The van der Waals surface area contributed by atoms with Crippen LogP contribution in [0.2, 0.25) is 0 Å². The zero-order valence-corrected chi connectivity index (χ0v) is 5.79. The summed E-state index contributed by atoms with van der Waals surface area (Å²) in [6, 6.07) is 0.289. The van der Waals surface area contributed by atoms with Gasteiger partial charge in [0.25, 0.3) is 0 Å². The number of nitrogens with zero attached hydrogens (tertiary/aromatic N) is 1. The van der Waals surface area contributed by atoms with Crippen LogP contribution in [0.3, 0.4) is 0 Å². The summed E-state index contributed by atoms with van der Waals surface area (Å²) in [5, 5.41) is 10.7. The number of hydrogen-bond acceptors (Lipinski definition) is 3. The number of carbonyl (C=O) groups is 1. The molecule has 2 saturated heterocycles. The van der Waals surface area contributed by atoms with Crippen LogP contribution in [-0.4, -0.2) is 28.1 Å². The first-order chi connectivity index (χ1) is 4.77.